The average Bonchev–Trinajstić information content (AvgIpc) is 2.10. The van der Waals surface area contributed by atoms with Gasteiger partial charge in [0.1, 0.15) is 6.29 Å². The molecule has 12 heavy (non-hydrogen) atoms. The lowest BCUT2D eigenvalue weighted by atomic mass is 10.2. The highest BCUT2D eigenvalue weighted by atomic mass is 16.1. The second kappa shape index (κ2) is 9.89. The first-order chi connectivity index (χ1) is 5.91. The summed E-state index contributed by atoms with van der Waals surface area (Å²) in [5.41, 5.74) is 0. The van der Waals surface area contributed by atoms with E-state index < -0.39 is 0 Å². The minimum absolute atomic E-state index is 0.779. The van der Waals surface area contributed by atoms with E-state index in [2.05, 4.69) is 25.2 Å². The summed E-state index contributed by atoms with van der Waals surface area (Å²) in [6.45, 7) is 2.12. The average molecular weight is 164 g/mol. The van der Waals surface area contributed by atoms with Gasteiger partial charge in [0.15, 0.2) is 0 Å². The second-order valence-electron chi connectivity index (χ2n) is 2.41. The quantitative estimate of drug-likeness (QED) is 0.194. The summed E-state index contributed by atoms with van der Waals surface area (Å²) < 4.78 is 0. The van der Waals surface area contributed by atoms with Gasteiger partial charge in [0.25, 0.3) is 0 Å². The molecule has 0 fully saturated rings. The van der Waals surface area contributed by atoms with Crippen molar-refractivity contribution in [3.8, 4) is 0 Å². The molecule has 0 aliphatic heterocycles. The van der Waals surface area contributed by atoms with E-state index in [-0.39, 0.29) is 0 Å². The largest absolute Gasteiger partial charge is 0.299 e. The molecule has 0 heterocycles. The van der Waals surface area contributed by atoms with Crippen molar-refractivity contribution in [2.75, 3.05) is 0 Å². The van der Waals surface area contributed by atoms with Gasteiger partial charge >= 0.3 is 0 Å². The van der Waals surface area contributed by atoms with Crippen molar-refractivity contribution in [2.45, 2.75) is 26.2 Å². The van der Waals surface area contributed by atoms with Crippen LogP contribution in [-0.4, -0.2) is 6.29 Å². The summed E-state index contributed by atoms with van der Waals surface area (Å²) in [5.74, 6) is 0. The number of carbonyl (C=O) groups is 1. The molecule has 0 N–H and O–H groups in total. The highest BCUT2D eigenvalue weighted by Gasteiger charge is 1.73. The molecule has 0 atom stereocenters. The fourth-order valence-electron chi connectivity index (χ4n) is 0.761. The number of hydrogen-bond donors (Lipinski definition) is 0. The molecule has 1 nitrogen and oxygen atoms in total. The van der Waals surface area contributed by atoms with E-state index in [1.54, 1.807) is 6.08 Å². The summed E-state index contributed by atoms with van der Waals surface area (Å²) in [5, 5.41) is 0. The Morgan fingerprint density at radius 2 is 1.67 bits per heavy atom. The normalized spacial score (nSPS) is 12.1. The Labute approximate surface area is 74.5 Å². The monoisotopic (exact) mass is 164 g/mol. The van der Waals surface area contributed by atoms with Gasteiger partial charge in [0.2, 0.25) is 0 Å². The molecule has 0 unspecified atom stereocenters. The van der Waals surface area contributed by atoms with Crippen LogP contribution in [0.3, 0.4) is 0 Å². The van der Waals surface area contributed by atoms with Crippen molar-refractivity contribution in [2.24, 2.45) is 0 Å². The molecular formula is C11H16O. The smallest absolute Gasteiger partial charge is 0.142 e. The number of allylic oxidation sites excluding steroid dienone is 6. The fourth-order valence-corrected chi connectivity index (χ4v) is 0.761. The first-order valence-electron chi connectivity index (χ1n) is 4.33. The summed E-state index contributed by atoms with van der Waals surface area (Å²) in [4.78, 5) is 9.85. The molecule has 0 radical (unpaired) electrons. The van der Waals surface area contributed by atoms with Gasteiger partial charge in [-0.25, -0.2) is 0 Å². The lowest BCUT2D eigenvalue weighted by molar-refractivity contribution is -0.104. The van der Waals surface area contributed by atoms with E-state index in [0.717, 1.165) is 25.5 Å². The maximum Gasteiger partial charge on any atom is 0.142 e. The van der Waals surface area contributed by atoms with Crippen molar-refractivity contribution in [3.05, 3.63) is 36.5 Å². The van der Waals surface area contributed by atoms with Crippen molar-refractivity contribution < 1.29 is 4.79 Å². The molecule has 0 rings (SSSR count). The Kier molecular flexibility index (Phi) is 8.98. The molecule has 0 aliphatic rings. The first kappa shape index (κ1) is 10.9. The van der Waals surface area contributed by atoms with Crippen LogP contribution in [0.5, 0.6) is 0 Å². The molecule has 0 aromatic carbocycles. The summed E-state index contributed by atoms with van der Waals surface area (Å²) >= 11 is 0. The van der Waals surface area contributed by atoms with Crippen LogP contribution in [0.2, 0.25) is 0 Å². The van der Waals surface area contributed by atoms with Gasteiger partial charge in [-0.15, -0.1) is 0 Å². The number of unbranched alkanes of at least 4 members (excludes halogenated alkanes) is 1. The zero-order valence-electron chi connectivity index (χ0n) is 7.57. The SMILES string of the molecule is CC/C=C/CC/C=C/C=C/C=O. The molecule has 0 amide bonds. The van der Waals surface area contributed by atoms with Crippen LogP contribution in [0.25, 0.3) is 0 Å². The summed E-state index contributed by atoms with van der Waals surface area (Å²) in [6.07, 6.45) is 15.5. The molecule has 0 saturated heterocycles. The number of carbonyl (C=O) groups excluding carboxylic acids is 1. The first-order valence-corrected chi connectivity index (χ1v) is 4.33. The Morgan fingerprint density at radius 1 is 0.917 bits per heavy atom. The molecule has 0 spiro atoms. The second-order valence-corrected chi connectivity index (χ2v) is 2.41. The van der Waals surface area contributed by atoms with Crippen LogP contribution >= 0.6 is 0 Å². The lowest BCUT2D eigenvalue weighted by Crippen LogP contribution is -1.64. The van der Waals surface area contributed by atoms with Crippen LogP contribution in [0.4, 0.5) is 0 Å². The third-order valence-corrected chi connectivity index (χ3v) is 1.34. The van der Waals surface area contributed by atoms with Crippen LogP contribution < -0.4 is 0 Å². The lowest BCUT2D eigenvalue weighted by Gasteiger charge is -1.84. The molecule has 0 aromatic heterocycles. The van der Waals surface area contributed by atoms with Gasteiger partial charge in [-0.05, 0) is 25.3 Å². The predicted molar refractivity (Wildman–Crippen MR) is 53.0 cm³/mol. The van der Waals surface area contributed by atoms with Crippen molar-refractivity contribution in [1.82, 2.24) is 0 Å². The maximum absolute atomic E-state index is 9.85. The Bertz CT molecular complexity index is 175. The van der Waals surface area contributed by atoms with E-state index in [4.69, 9.17) is 0 Å². The Hall–Kier alpha value is -1.11. The number of hydrogen-bond acceptors (Lipinski definition) is 1. The van der Waals surface area contributed by atoms with E-state index in [9.17, 15) is 4.79 Å². The summed E-state index contributed by atoms with van der Waals surface area (Å²) in [6, 6.07) is 0. The minimum atomic E-state index is 0.779. The zero-order valence-corrected chi connectivity index (χ0v) is 7.57. The van der Waals surface area contributed by atoms with E-state index in [1.807, 2.05) is 6.08 Å². The van der Waals surface area contributed by atoms with Gasteiger partial charge in [-0.2, -0.15) is 0 Å². The molecule has 0 aliphatic carbocycles. The minimum Gasteiger partial charge on any atom is -0.299 e. The Balaban J connectivity index is 3.30. The van der Waals surface area contributed by atoms with Gasteiger partial charge in [0.05, 0.1) is 0 Å². The van der Waals surface area contributed by atoms with Crippen molar-refractivity contribution in [3.63, 3.8) is 0 Å². The van der Waals surface area contributed by atoms with Gasteiger partial charge in [-0.3, -0.25) is 4.79 Å². The fraction of sp³-hybridized carbons (Fsp3) is 0.364. The maximum atomic E-state index is 9.85. The molecule has 66 valence electrons. The molecule has 0 saturated carbocycles. The molecule has 0 bridgehead atoms. The third kappa shape index (κ3) is 8.89. The van der Waals surface area contributed by atoms with Crippen molar-refractivity contribution >= 4 is 6.29 Å². The van der Waals surface area contributed by atoms with E-state index in [0.29, 0.717) is 0 Å². The molecular weight excluding hydrogens is 148 g/mol. The number of rotatable bonds is 6. The highest BCUT2D eigenvalue weighted by molar-refractivity contribution is 5.65. The predicted octanol–water partition coefficient (Wildman–Crippen LogP) is 3.04. The van der Waals surface area contributed by atoms with E-state index in [1.165, 1.54) is 6.08 Å². The molecule has 0 aromatic rings. The summed E-state index contributed by atoms with van der Waals surface area (Å²) in [7, 11) is 0. The Morgan fingerprint density at radius 3 is 2.33 bits per heavy atom. The van der Waals surface area contributed by atoms with Crippen LogP contribution in [0, 0.1) is 0 Å². The van der Waals surface area contributed by atoms with Gasteiger partial charge in [-0.1, -0.05) is 37.3 Å². The standard InChI is InChI=1S/C11H16O/c1-2-3-4-5-6-7-8-9-10-11-12/h3-4,7-11H,2,5-6H2,1H3/b4-3+,8-7+,10-9+. The van der Waals surface area contributed by atoms with E-state index >= 15 is 0 Å². The van der Waals surface area contributed by atoms with Crippen molar-refractivity contribution in [1.29, 1.82) is 0 Å². The zero-order chi connectivity index (χ0) is 9.07. The van der Waals surface area contributed by atoms with Crippen LogP contribution in [-0.2, 0) is 4.79 Å². The number of aldehydes is 1. The third-order valence-electron chi connectivity index (χ3n) is 1.34. The van der Waals surface area contributed by atoms with Gasteiger partial charge in [0, 0.05) is 0 Å². The van der Waals surface area contributed by atoms with Crippen LogP contribution in [0.15, 0.2) is 36.5 Å². The topological polar surface area (TPSA) is 17.1 Å². The molecule has 1 heteroatoms. The van der Waals surface area contributed by atoms with Crippen LogP contribution in [0.1, 0.15) is 26.2 Å². The highest BCUT2D eigenvalue weighted by Crippen LogP contribution is 1.93. The van der Waals surface area contributed by atoms with Gasteiger partial charge < -0.3 is 0 Å².